The number of hydrogen-bond acceptors (Lipinski definition) is 37. The van der Waals surface area contributed by atoms with E-state index in [1.165, 1.54) is 38.6 Å². The number of imidazole rings is 2. The third kappa shape index (κ3) is 48.4. The number of aromatic nitrogens is 8. The van der Waals surface area contributed by atoms with E-state index in [1.54, 1.807) is 44.3 Å². The quantitative estimate of drug-likeness (QED) is 0.0153. The van der Waals surface area contributed by atoms with Crippen molar-refractivity contribution in [1.29, 1.82) is 0 Å². The molecule has 4 amide bonds. The number of nitrogens with one attached hydrogen (secondary N) is 4. The van der Waals surface area contributed by atoms with Crippen molar-refractivity contribution in [2.24, 2.45) is 44.3 Å². The van der Waals surface area contributed by atoms with Crippen LogP contribution in [0.25, 0.3) is 22.3 Å². The van der Waals surface area contributed by atoms with E-state index < -0.39 is 169 Å². The molecule has 0 bridgehead atoms. The summed E-state index contributed by atoms with van der Waals surface area (Å²) in [4.78, 5) is 182. The number of anilines is 2. The van der Waals surface area contributed by atoms with Gasteiger partial charge >= 0.3 is 46.9 Å². The van der Waals surface area contributed by atoms with E-state index in [0.29, 0.717) is 19.5 Å². The van der Waals surface area contributed by atoms with E-state index in [9.17, 15) is 106 Å². The summed E-state index contributed by atoms with van der Waals surface area (Å²) in [5, 5.41) is 61.9. The molecule has 15 unspecified atom stereocenters. The Kier molecular flexibility index (Phi) is 55.1. The highest BCUT2D eigenvalue weighted by molar-refractivity contribution is 7.99. The Labute approximate surface area is 801 Å². The Morgan fingerprint density at radius 2 is 0.831 bits per heavy atom. The highest BCUT2D eigenvalue weighted by Gasteiger charge is 2.53. The molecule has 2 aliphatic heterocycles. The van der Waals surface area contributed by atoms with Crippen LogP contribution in [0.2, 0.25) is 0 Å². The number of phosphoric acid groups is 6. The number of nitrogens with zero attached hydrogens (tertiary/aromatic N) is 8. The third-order valence-corrected chi connectivity index (χ3v) is 26.1. The molecule has 58 heteroatoms. The van der Waals surface area contributed by atoms with Crippen LogP contribution >= 0.6 is 70.5 Å². The number of amides is 4. The molecular formula is C78H148N14O36P6S2. The highest BCUT2D eigenvalue weighted by atomic mass is 32.2. The van der Waals surface area contributed by atoms with Crippen LogP contribution in [0.5, 0.6) is 0 Å². The van der Waals surface area contributed by atoms with Gasteiger partial charge < -0.3 is 112 Å². The second kappa shape index (κ2) is 58.1. The molecule has 22 N–H and O–H groups in total. The van der Waals surface area contributed by atoms with Gasteiger partial charge in [-0.3, -0.25) is 69.6 Å². The van der Waals surface area contributed by atoms with Gasteiger partial charge in [-0.25, -0.2) is 57.3 Å². The summed E-state index contributed by atoms with van der Waals surface area (Å²) in [6.45, 7) is 38.4. The van der Waals surface area contributed by atoms with Gasteiger partial charge in [0.2, 0.25) is 23.6 Å². The molecule has 136 heavy (non-hydrogen) atoms. The van der Waals surface area contributed by atoms with Crippen molar-refractivity contribution >= 4 is 140 Å². The number of aliphatic hydroxyl groups is 5. The number of ketones is 2. The maximum absolute atomic E-state index is 12.9. The number of ether oxygens (including phenoxy) is 2. The van der Waals surface area contributed by atoms with Crippen molar-refractivity contribution in [2.75, 3.05) is 100 Å². The molecule has 6 heterocycles. The van der Waals surface area contributed by atoms with Crippen molar-refractivity contribution in [1.82, 2.24) is 60.3 Å². The Morgan fingerprint density at radius 1 is 0.478 bits per heavy atom. The van der Waals surface area contributed by atoms with Gasteiger partial charge in [-0.05, 0) is 48.0 Å². The average Bonchev–Trinajstić information content (AvgIpc) is 1.61. The van der Waals surface area contributed by atoms with Gasteiger partial charge in [0.15, 0.2) is 35.4 Å². The predicted octanol–water partition coefficient (Wildman–Crippen LogP) is 7.22. The molecular weight excluding hydrogens is 1960 g/mol. The molecule has 4 aromatic rings. The Balaban J connectivity index is 0.000000967. The topological polar surface area (TPSA) is 768 Å². The van der Waals surface area contributed by atoms with Crippen molar-refractivity contribution < 1.29 is 171 Å². The zero-order valence-electron chi connectivity index (χ0n) is 81.3. The molecule has 50 nitrogen and oxygen atoms in total. The Bertz CT molecular complexity index is 4660. The monoisotopic (exact) mass is 2110 g/mol. The van der Waals surface area contributed by atoms with E-state index in [-0.39, 0.29) is 119 Å². The van der Waals surface area contributed by atoms with Crippen LogP contribution in [0.3, 0.4) is 0 Å². The maximum Gasteiger partial charge on any atom is 0.481 e. The number of thioether (sulfide) groups is 2. The molecule has 0 spiro atoms. The number of Topliss-reactive ketones (excluding diaryl/α,β-unsaturated/α-hetero) is 2. The number of rotatable bonds is 50. The first-order valence-corrected chi connectivity index (χ1v) is 55.1. The summed E-state index contributed by atoms with van der Waals surface area (Å²) in [6, 6.07) is 0. The normalized spacial score (nSPS) is 20.1. The average molecular weight is 2110 g/mol. The zero-order valence-corrected chi connectivity index (χ0v) is 88.3. The number of carbonyl (C=O) groups excluding carboxylic acids is 6. The lowest BCUT2D eigenvalue weighted by atomic mass is 9.76. The summed E-state index contributed by atoms with van der Waals surface area (Å²) in [5.74, 6) is 0.757. The molecule has 15 atom stereocenters. The molecule has 2 aliphatic rings. The second-order valence-corrected chi connectivity index (χ2v) is 47.2. The van der Waals surface area contributed by atoms with E-state index in [0.717, 1.165) is 78.7 Å². The Morgan fingerprint density at radius 3 is 1.18 bits per heavy atom. The SMILES string of the molecule is CC.CC.CC(C)(C)CC(CO)C(=O)C(C)(C)C.CCCCSCCNC(=O)CCNC(=O)C(O)C(C)(C)COP(=O)(O)OCC(CC(C)(C)C)C(=O)C(C)(C)C.CCCCSCCNC(=O)CCNC(=O)C(O)C(C)(C)COP(=O)(O)OP(=O)(O)OCC1OC(n2cnc3c(N)ncnc32)C(O)C1OP(=O)(O)O.Nc1ncnc2c1ncn2C1OC(COP(=O)(O)O)C(OP(=O)(O)O)C1O. The Hall–Kier alpha value is -4.96. The minimum absolute atomic E-state index is 0.0338. The van der Waals surface area contributed by atoms with Crippen molar-refractivity contribution in [3.63, 3.8) is 0 Å². The van der Waals surface area contributed by atoms with Crippen LogP contribution in [-0.4, -0.2) is 281 Å². The van der Waals surface area contributed by atoms with Crippen LogP contribution in [-0.2, 0) is 102 Å². The number of carbonyl (C=O) groups is 6. The van der Waals surface area contributed by atoms with Crippen LogP contribution in [0.4, 0.5) is 11.6 Å². The number of aliphatic hydroxyl groups excluding tert-OH is 5. The molecule has 4 aromatic heterocycles. The molecule has 2 fully saturated rings. The van der Waals surface area contributed by atoms with Crippen LogP contribution in [0.1, 0.15) is 216 Å². The van der Waals surface area contributed by atoms with Gasteiger partial charge in [0.05, 0.1) is 52.3 Å². The van der Waals surface area contributed by atoms with Gasteiger partial charge in [0, 0.05) is 84.0 Å². The van der Waals surface area contributed by atoms with Crippen molar-refractivity contribution in [3.05, 3.63) is 25.3 Å². The fourth-order valence-corrected chi connectivity index (χ4v) is 18.9. The molecule has 0 aromatic carbocycles. The van der Waals surface area contributed by atoms with Gasteiger partial charge in [-0.2, -0.15) is 27.8 Å². The fourth-order valence-electron chi connectivity index (χ4n) is 12.3. The van der Waals surface area contributed by atoms with Crippen LogP contribution in [0, 0.1) is 44.3 Å². The lowest BCUT2D eigenvalue weighted by Gasteiger charge is -2.31. The van der Waals surface area contributed by atoms with Crippen molar-refractivity contribution in [2.45, 2.75) is 265 Å². The number of phosphoric ester groups is 6. The number of fused-ring (bicyclic) bond motifs is 2. The lowest BCUT2D eigenvalue weighted by molar-refractivity contribution is -0.137. The van der Waals surface area contributed by atoms with Gasteiger partial charge in [-0.1, -0.05) is 165 Å². The number of nitrogens with two attached hydrogens (primary N) is 2. The molecule has 2 saturated heterocycles. The van der Waals surface area contributed by atoms with E-state index in [4.69, 9.17) is 58.6 Å². The zero-order chi connectivity index (χ0) is 105. The third-order valence-electron chi connectivity index (χ3n) is 19.0. The number of hydrogen-bond donors (Lipinski definition) is 20. The van der Waals surface area contributed by atoms with Gasteiger partial charge in [0.25, 0.3) is 0 Å². The molecule has 0 aliphatic carbocycles. The van der Waals surface area contributed by atoms with Crippen molar-refractivity contribution in [3.8, 4) is 0 Å². The van der Waals surface area contributed by atoms with Gasteiger partial charge in [-0.15, -0.1) is 0 Å². The van der Waals surface area contributed by atoms with Crippen LogP contribution in [0.15, 0.2) is 25.3 Å². The minimum atomic E-state index is -5.54. The van der Waals surface area contributed by atoms with E-state index in [1.807, 2.05) is 69.2 Å². The number of nitrogen functional groups attached to an aromatic ring is 2. The second-order valence-electron chi connectivity index (χ2n) is 36.6. The molecule has 788 valence electrons. The maximum atomic E-state index is 12.9. The largest absolute Gasteiger partial charge is 0.481 e. The first kappa shape index (κ1) is 129. The minimum Gasteiger partial charge on any atom is -0.396 e. The summed E-state index contributed by atoms with van der Waals surface area (Å²) < 4.78 is 122. The lowest BCUT2D eigenvalue weighted by Crippen LogP contribution is -2.46. The molecule has 0 saturated carbocycles. The summed E-state index contributed by atoms with van der Waals surface area (Å²) >= 11 is 3.49. The standard InChI is InChI=1S/C27H53N2O8PS.C25H44N7O16P3S.C12H24O2.C10H15N5O10P2.2C2H6/c1-10-11-15-39-16-14-28-21(30)12-13-29-24(33)23(32)27(8,9)19-37-38(34,35)36-18-20(17-25(2,3)4)22(31)26(5,6)7;1-4-5-9-52-10-8-27-16(33)6-7-28-23(36)20(35)25(2,3)12-45-51(42,43)48-50(40,41)44-11-15-19(47-49(37,38)39)18(34)24(46-15)32-14-31-17-21(26)29-13-30-22(17)32;1-11(2,3)7-9(8-13)10(14)12(4,5)6;11-8-5-9(13-2-12-8)15(3-14-5)10-6(16)7(25-27(20,21)22)4(24-10)1-23-26(17,18)19;2*1-2/h20,23,32H,10-19H2,1-9H3,(H,28,30)(H,29,33)(H,34,35);13-15,18-20,24,34-35H,4-12H2,1-3H3,(H,27,33)(H,28,36)(H,40,41)(H,42,43)(H2,26,29,30)(H2,37,38,39);9,13H,7-8H2,1-6H3;2-4,6-7,10,16H,1H2,(H2,11,12,13)(H2,17,18,19)(H2,20,21,22);2*1-2H3. The highest BCUT2D eigenvalue weighted by Crippen LogP contribution is 2.61. The summed E-state index contributed by atoms with van der Waals surface area (Å²) in [6.07, 6.45) is -6.27. The smallest absolute Gasteiger partial charge is 0.396 e. The molecule has 6 rings (SSSR count). The predicted molar refractivity (Wildman–Crippen MR) is 505 cm³/mol. The fraction of sp³-hybridized carbons (Fsp3) is 0.795. The van der Waals surface area contributed by atoms with E-state index >= 15 is 0 Å². The first-order chi connectivity index (χ1) is 62.4. The first-order valence-electron chi connectivity index (χ1n) is 43.7. The van der Waals surface area contributed by atoms with Gasteiger partial charge in [0.1, 0.15) is 84.1 Å². The van der Waals surface area contributed by atoms with E-state index in [2.05, 4.69) is 104 Å². The van der Waals surface area contributed by atoms with Crippen LogP contribution < -0.4 is 32.7 Å². The summed E-state index contributed by atoms with van der Waals surface area (Å²) in [7, 11) is -30.9. The number of unbranched alkanes of at least 4 members (excludes halogenated alkanes) is 2. The summed E-state index contributed by atoms with van der Waals surface area (Å²) in [5.41, 5.74) is 7.99. The molecule has 0 radical (unpaired) electrons.